The number of hydrogen-bond acceptors (Lipinski definition) is 3. The van der Waals surface area contributed by atoms with Crippen molar-refractivity contribution >= 4 is 12.0 Å². The monoisotopic (exact) mass is 268 g/mol. The summed E-state index contributed by atoms with van der Waals surface area (Å²) in [7, 11) is 0. The number of aromatic amines is 1. The van der Waals surface area contributed by atoms with Gasteiger partial charge < -0.3 is 20.7 Å². The van der Waals surface area contributed by atoms with Gasteiger partial charge in [-0.2, -0.15) is 0 Å². The number of nitrogens with zero attached hydrogens (tertiary/aromatic N) is 1. The lowest BCUT2D eigenvalue weighted by Gasteiger charge is -2.38. The molecule has 106 valence electrons. The first-order valence-electron chi connectivity index (χ1n) is 5.94. The molecule has 7 heteroatoms. The molecule has 0 aliphatic heterocycles. The van der Waals surface area contributed by atoms with E-state index in [1.54, 1.807) is 40.1 Å². The highest BCUT2D eigenvalue weighted by atomic mass is 16.4. The molecule has 19 heavy (non-hydrogen) atoms. The lowest BCUT2D eigenvalue weighted by Crippen LogP contribution is -2.58. The average Bonchev–Trinajstić information content (AvgIpc) is 2.78. The Balaban J connectivity index is 2.58. The van der Waals surface area contributed by atoms with Crippen LogP contribution in [0.4, 0.5) is 4.79 Å². The van der Waals surface area contributed by atoms with E-state index in [1.165, 1.54) is 0 Å². The van der Waals surface area contributed by atoms with Crippen LogP contribution in [-0.2, 0) is 11.3 Å². The molecule has 0 aliphatic carbocycles. The van der Waals surface area contributed by atoms with Gasteiger partial charge in [-0.15, -0.1) is 0 Å². The Morgan fingerprint density at radius 2 is 2.00 bits per heavy atom. The Morgan fingerprint density at radius 3 is 2.47 bits per heavy atom. The third kappa shape index (κ3) is 3.46. The number of rotatable bonds is 5. The second kappa shape index (κ2) is 5.29. The molecule has 0 saturated carbocycles. The number of H-pyrrole nitrogens is 1. The van der Waals surface area contributed by atoms with Crippen LogP contribution in [0, 0.1) is 5.41 Å². The van der Waals surface area contributed by atoms with Crippen LogP contribution in [0.25, 0.3) is 0 Å². The molecule has 1 rings (SSSR count). The minimum absolute atomic E-state index is 0.252. The van der Waals surface area contributed by atoms with Crippen molar-refractivity contribution in [2.24, 2.45) is 5.41 Å². The van der Waals surface area contributed by atoms with Gasteiger partial charge >= 0.3 is 12.0 Å². The van der Waals surface area contributed by atoms with Crippen LogP contribution in [0.5, 0.6) is 0 Å². The van der Waals surface area contributed by atoms with E-state index in [1.807, 2.05) is 0 Å². The van der Waals surface area contributed by atoms with Gasteiger partial charge in [-0.1, -0.05) is 0 Å². The first-order chi connectivity index (χ1) is 8.67. The van der Waals surface area contributed by atoms with Crippen LogP contribution in [0.1, 0.15) is 33.5 Å². The van der Waals surface area contributed by atoms with E-state index >= 15 is 0 Å². The summed E-state index contributed by atoms with van der Waals surface area (Å²) in [4.78, 5) is 29.8. The minimum atomic E-state index is -1.09. The quantitative estimate of drug-likeness (QED) is 0.641. The largest absolute Gasteiger partial charge is 0.481 e. The zero-order chi connectivity index (χ0) is 14.7. The molecule has 4 N–H and O–H groups in total. The van der Waals surface area contributed by atoms with Gasteiger partial charge in [-0.05, 0) is 27.7 Å². The number of carboxylic acids is 1. The zero-order valence-corrected chi connectivity index (χ0v) is 11.6. The molecule has 0 saturated heterocycles. The number of carboxylic acid groups (broad SMARTS) is 1. The highest BCUT2D eigenvalue weighted by Gasteiger charge is 2.44. The molecule has 0 radical (unpaired) electrons. The molecule has 0 unspecified atom stereocenters. The molecule has 0 spiro atoms. The van der Waals surface area contributed by atoms with Crippen molar-refractivity contribution in [2.75, 3.05) is 0 Å². The number of hydrogen-bond donors (Lipinski definition) is 4. The van der Waals surface area contributed by atoms with E-state index in [4.69, 9.17) is 0 Å². The summed E-state index contributed by atoms with van der Waals surface area (Å²) in [6.07, 6.45) is 3.25. The summed E-state index contributed by atoms with van der Waals surface area (Å²) in [5.74, 6) is -0.339. The van der Waals surface area contributed by atoms with Gasteiger partial charge in [0.2, 0.25) is 0 Å². The fourth-order valence-corrected chi connectivity index (χ4v) is 1.31. The first-order valence-corrected chi connectivity index (χ1v) is 5.94. The summed E-state index contributed by atoms with van der Waals surface area (Å²) in [6, 6.07) is -0.435. The molecule has 0 bridgehead atoms. The molecule has 1 heterocycles. The number of nitrogens with one attached hydrogen (secondary N) is 3. The Hall–Kier alpha value is -2.05. The highest BCUT2D eigenvalue weighted by Crippen LogP contribution is 2.30. The Labute approximate surface area is 111 Å². The highest BCUT2D eigenvalue weighted by molar-refractivity contribution is 5.79. The van der Waals surface area contributed by atoms with Gasteiger partial charge in [-0.25, -0.2) is 9.78 Å². The normalized spacial score (nSPS) is 12.0. The lowest BCUT2D eigenvalue weighted by atomic mass is 9.74. The van der Waals surface area contributed by atoms with E-state index in [2.05, 4.69) is 20.6 Å². The van der Waals surface area contributed by atoms with Crippen LogP contribution in [0.15, 0.2) is 12.4 Å². The smallest absolute Gasteiger partial charge is 0.315 e. The fraction of sp³-hybridized carbons (Fsp3) is 0.583. The SMILES string of the molecule is CC(C)(NC(=O)NCc1ncc[nH]1)C(C)(C)C(=O)O. The Morgan fingerprint density at radius 1 is 1.37 bits per heavy atom. The van der Waals surface area contributed by atoms with Crippen molar-refractivity contribution in [3.63, 3.8) is 0 Å². The summed E-state index contributed by atoms with van der Waals surface area (Å²) in [5, 5.41) is 14.5. The summed E-state index contributed by atoms with van der Waals surface area (Å²) < 4.78 is 0. The van der Waals surface area contributed by atoms with Crippen LogP contribution in [0.2, 0.25) is 0 Å². The summed E-state index contributed by atoms with van der Waals surface area (Å²) in [5.41, 5.74) is -1.99. The molecule has 2 amide bonds. The minimum Gasteiger partial charge on any atom is -0.481 e. The number of imidazole rings is 1. The maximum atomic E-state index is 11.8. The average molecular weight is 268 g/mol. The van der Waals surface area contributed by atoms with Crippen molar-refractivity contribution in [1.82, 2.24) is 20.6 Å². The lowest BCUT2D eigenvalue weighted by molar-refractivity contribution is -0.150. The van der Waals surface area contributed by atoms with Gasteiger partial charge in [0, 0.05) is 12.4 Å². The van der Waals surface area contributed by atoms with Gasteiger partial charge in [0.1, 0.15) is 5.82 Å². The number of amides is 2. The number of aliphatic carboxylic acids is 1. The van der Waals surface area contributed by atoms with Crippen molar-refractivity contribution in [2.45, 2.75) is 39.8 Å². The van der Waals surface area contributed by atoms with Crippen molar-refractivity contribution in [3.05, 3.63) is 18.2 Å². The second-order valence-electron chi connectivity index (χ2n) is 5.40. The number of aromatic nitrogens is 2. The fourth-order valence-electron chi connectivity index (χ4n) is 1.31. The third-order valence-corrected chi connectivity index (χ3v) is 3.49. The molecular weight excluding hydrogens is 248 g/mol. The summed E-state index contributed by atoms with van der Waals surface area (Å²) >= 11 is 0. The van der Waals surface area contributed by atoms with Gasteiger partial charge in [-0.3, -0.25) is 4.79 Å². The van der Waals surface area contributed by atoms with Crippen LogP contribution >= 0.6 is 0 Å². The van der Waals surface area contributed by atoms with Gasteiger partial charge in [0.15, 0.2) is 0 Å². The molecule has 0 fully saturated rings. The Kier molecular flexibility index (Phi) is 4.18. The van der Waals surface area contributed by atoms with E-state index in [0.29, 0.717) is 5.82 Å². The molecule has 0 aromatic carbocycles. The van der Waals surface area contributed by atoms with Crippen LogP contribution in [-0.4, -0.2) is 32.6 Å². The van der Waals surface area contributed by atoms with Crippen molar-refractivity contribution in [1.29, 1.82) is 0 Å². The van der Waals surface area contributed by atoms with E-state index < -0.39 is 23.0 Å². The zero-order valence-electron chi connectivity index (χ0n) is 11.6. The first kappa shape index (κ1) is 15.0. The maximum Gasteiger partial charge on any atom is 0.315 e. The standard InChI is InChI=1S/C12H20N4O3/c1-11(2,9(17)18)12(3,4)16-10(19)15-7-8-13-5-6-14-8/h5-6H,7H2,1-4H3,(H,13,14)(H,17,18)(H2,15,16,19). The van der Waals surface area contributed by atoms with Gasteiger partial charge in [0.25, 0.3) is 0 Å². The van der Waals surface area contributed by atoms with E-state index in [9.17, 15) is 14.7 Å². The number of urea groups is 1. The topological polar surface area (TPSA) is 107 Å². The summed E-state index contributed by atoms with van der Waals surface area (Å²) in [6.45, 7) is 6.74. The van der Waals surface area contributed by atoms with Crippen LogP contribution < -0.4 is 10.6 Å². The maximum absolute atomic E-state index is 11.8. The number of carbonyl (C=O) groups is 2. The second-order valence-corrected chi connectivity index (χ2v) is 5.40. The van der Waals surface area contributed by atoms with Crippen molar-refractivity contribution in [3.8, 4) is 0 Å². The molecule has 0 atom stereocenters. The molecule has 1 aromatic rings. The van der Waals surface area contributed by atoms with Gasteiger partial charge in [0.05, 0.1) is 17.5 Å². The number of carbonyl (C=O) groups excluding carboxylic acids is 1. The Bertz CT molecular complexity index is 452. The third-order valence-electron chi connectivity index (χ3n) is 3.49. The van der Waals surface area contributed by atoms with Crippen LogP contribution in [0.3, 0.4) is 0 Å². The van der Waals surface area contributed by atoms with E-state index in [0.717, 1.165) is 0 Å². The predicted octanol–water partition coefficient (Wildman–Crippen LogP) is 1.10. The van der Waals surface area contributed by atoms with E-state index in [-0.39, 0.29) is 6.54 Å². The van der Waals surface area contributed by atoms with Crippen molar-refractivity contribution < 1.29 is 14.7 Å². The molecule has 7 nitrogen and oxygen atoms in total. The molecule has 1 aromatic heterocycles. The predicted molar refractivity (Wildman–Crippen MR) is 69.5 cm³/mol. The molecule has 0 aliphatic rings. The molecular formula is C12H20N4O3.